The van der Waals surface area contributed by atoms with Gasteiger partial charge in [0.05, 0.1) is 13.2 Å². The monoisotopic (exact) mass is 438 g/mol. The number of amides is 1. The van der Waals surface area contributed by atoms with Crippen LogP contribution in [0.2, 0.25) is 0 Å². The number of hydrogen-bond acceptors (Lipinski definition) is 7. The molecular weight excluding hydrogens is 408 g/mol. The lowest BCUT2D eigenvalue weighted by Crippen LogP contribution is -2.27. The Bertz CT molecular complexity index is 942. The Balaban J connectivity index is 1.37. The third-order valence-electron chi connectivity index (χ3n) is 4.60. The summed E-state index contributed by atoms with van der Waals surface area (Å²) >= 11 is 0. The number of benzene rings is 2. The second kappa shape index (κ2) is 12.6. The Hall–Kier alpha value is -3.23. The van der Waals surface area contributed by atoms with Crippen molar-refractivity contribution in [2.45, 2.75) is 19.4 Å². The first-order valence-corrected chi connectivity index (χ1v) is 10.7. The van der Waals surface area contributed by atoms with E-state index in [9.17, 15) is 4.79 Å². The Morgan fingerprint density at radius 1 is 1.00 bits per heavy atom. The van der Waals surface area contributed by atoms with Crippen molar-refractivity contribution in [3.8, 4) is 17.2 Å². The molecule has 8 heteroatoms. The van der Waals surface area contributed by atoms with Gasteiger partial charge in [-0.05, 0) is 63.5 Å². The molecule has 0 aliphatic rings. The molecule has 1 aromatic heterocycles. The van der Waals surface area contributed by atoms with Crippen molar-refractivity contribution < 1.29 is 18.7 Å². The second-order valence-corrected chi connectivity index (χ2v) is 7.56. The lowest BCUT2D eigenvalue weighted by Gasteiger charge is -2.10. The van der Waals surface area contributed by atoms with E-state index in [1.54, 1.807) is 24.3 Å². The molecule has 8 nitrogen and oxygen atoms in total. The van der Waals surface area contributed by atoms with E-state index in [2.05, 4.69) is 20.4 Å². The minimum absolute atomic E-state index is 0.0915. The highest BCUT2D eigenvalue weighted by atomic mass is 16.5. The lowest BCUT2D eigenvalue weighted by molar-refractivity contribution is 0.0915. The third kappa shape index (κ3) is 7.79. The van der Waals surface area contributed by atoms with Crippen molar-refractivity contribution in [2.24, 2.45) is 0 Å². The van der Waals surface area contributed by atoms with Crippen LogP contribution >= 0.6 is 0 Å². The van der Waals surface area contributed by atoms with Crippen LogP contribution in [0.15, 0.2) is 59.0 Å². The minimum atomic E-state index is -0.0915. The molecular formula is C24H30N4O4. The summed E-state index contributed by atoms with van der Waals surface area (Å²) < 4.78 is 16.9. The summed E-state index contributed by atoms with van der Waals surface area (Å²) in [6.45, 7) is 2.93. The van der Waals surface area contributed by atoms with Gasteiger partial charge in [-0.15, -0.1) is 10.2 Å². The molecule has 0 saturated heterocycles. The van der Waals surface area contributed by atoms with Gasteiger partial charge in [0.25, 0.3) is 5.91 Å². The van der Waals surface area contributed by atoms with Crippen LogP contribution in [-0.2, 0) is 11.3 Å². The molecule has 0 fully saturated rings. The second-order valence-electron chi connectivity index (χ2n) is 7.56. The molecule has 32 heavy (non-hydrogen) atoms. The summed E-state index contributed by atoms with van der Waals surface area (Å²) in [4.78, 5) is 14.3. The molecule has 3 aromatic rings. The molecule has 0 saturated carbocycles. The van der Waals surface area contributed by atoms with Crippen LogP contribution in [0.5, 0.6) is 5.75 Å². The Morgan fingerprint density at radius 2 is 1.78 bits per heavy atom. The number of nitrogens with zero attached hydrogens (tertiary/aromatic N) is 3. The predicted octanol–water partition coefficient (Wildman–Crippen LogP) is 3.40. The molecule has 0 spiro atoms. The van der Waals surface area contributed by atoms with Gasteiger partial charge < -0.3 is 24.1 Å². The van der Waals surface area contributed by atoms with E-state index in [1.807, 2.05) is 44.4 Å². The third-order valence-corrected chi connectivity index (χ3v) is 4.60. The average molecular weight is 439 g/mol. The summed E-state index contributed by atoms with van der Waals surface area (Å²) in [5.41, 5.74) is 1.35. The van der Waals surface area contributed by atoms with Crippen molar-refractivity contribution in [3.63, 3.8) is 0 Å². The molecule has 2 aromatic carbocycles. The van der Waals surface area contributed by atoms with Crippen molar-refractivity contribution in [3.05, 3.63) is 66.1 Å². The topological polar surface area (TPSA) is 89.7 Å². The van der Waals surface area contributed by atoms with Crippen molar-refractivity contribution >= 4 is 5.91 Å². The zero-order valence-corrected chi connectivity index (χ0v) is 18.6. The Kier molecular flexibility index (Phi) is 9.21. The summed E-state index contributed by atoms with van der Waals surface area (Å²) in [5.74, 6) is 1.56. The highest BCUT2D eigenvalue weighted by Gasteiger charge is 2.11. The van der Waals surface area contributed by atoms with Gasteiger partial charge in [-0.25, -0.2) is 0 Å². The first-order chi connectivity index (χ1) is 15.6. The number of aromatic nitrogens is 2. The molecule has 0 bridgehead atoms. The van der Waals surface area contributed by atoms with Crippen molar-refractivity contribution in [2.75, 3.05) is 40.4 Å². The molecule has 1 N–H and O–H groups in total. The van der Waals surface area contributed by atoms with E-state index in [0.29, 0.717) is 37.1 Å². The van der Waals surface area contributed by atoms with Gasteiger partial charge in [0, 0.05) is 24.1 Å². The smallest absolute Gasteiger partial charge is 0.251 e. The SMILES string of the molecule is CN(C)CCCNC(=O)c1ccc(-c2nnc(COCCCOc3ccccc3)o2)cc1. The summed E-state index contributed by atoms with van der Waals surface area (Å²) in [6.07, 6.45) is 1.66. The molecule has 170 valence electrons. The van der Waals surface area contributed by atoms with E-state index in [0.717, 1.165) is 30.7 Å². The largest absolute Gasteiger partial charge is 0.494 e. The molecule has 3 rings (SSSR count). The maximum Gasteiger partial charge on any atom is 0.251 e. The molecule has 0 unspecified atom stereocenters. The number of carbonyl (C=O) groups is 1. The van der Waals surface area contributed by atoms with E-state index >= 15 is 0 Å². The van der Waals surface area contributed by atoms with Crippen LogP contribution in [0.1, 0.15) is 29.1 Å². The van der Waals surface area contributed by atoms with E-state index in [-0.39, 0.29) is 12.5 Å². The van der Waals surface area contributed by atoms with Crippen LogP contribution in [0.3, 0.4) is 0 Å². The summed E-state index contributed by atoms with van der Waals surface area (Å²) in [7, 11) is 4.02. The Morgan fingerprint density at radius 3 is 2.53 bits per heavy atom. The van der Waals surface area contributed by atoms with Crippen LogP contribution < -0.4 is 10.1 Å². The van der Waals surface area contributed by atoms with Gasteiger partial charge in [0.2, 0.25) is 11.8 Å². The van der Waals surface area contributed by atoms with Crippen LogP contribution in [-0.4, -0.2) is 61.4 Å². The fourth-order valence-corrected chi connectivity index (χ4v) is 2.92. The molecule has 1 heterocycles. The van der Waals surface area contributed by atoms with E-state index in [4.69, 9.17) is 13.9 Å². The van der Waals surface area contributed by atoms with E-state index < -0.39 is 0 Å². The van der Waals surface area contributed by atoms with E-state index in [1.165, 1.54) is 0 Å². The Labute approximate surface area is 188 Å². The molecule has 1 amide bonds. The van der Waals surface area contributed by atoms with Crippen molar-refractivity contribution in [1.82, 2.24) is 20.4 Å². The maximum absolute atomic E-state index is 12.2. The van der Waals surface area contributed by atoms with Gasteiger partial charge in [-0.1, -0.05) is 18.2 Å². The van der Waals surface area contributed by atoms with Gasteiger partial charge in [0.1, 0.15) is 12.4 Å². The first-order valence-electron chi connectivity index (χ1n) is 10.7. The van der Waals surface area contributed by atoms with Gasteiger partial charge in [-0.2, -0.15) is 0 Å². The quantitative estimate of drug-likeness (QED) is 0.409. The first kappa shape index (κ1) is 23.4. The maximum atomic E-state index is 12.2. The number of rotatable bonds is 13. The zero-order chi connectivity index (χ0) is 22.6. The number of carbonyl (C=O) groups excluding carboxylic acids is 1. The van der Waals surface area contributed by atoms with Gasteiger partial charge in [0.15, 0.2) is 0 Å². The van der Waals surface area contributed by atoms with Gasteiger partial charge >= 0.3 is 0 Å². The van der Waals surface area contributed by atoms with Crippen LogP contribution in [0.4, 0.5) is 0 Å². The number of hydrogen-bond donors (Lipinski definition) is 1. The lowest BCUT2D eigenvalue weighted by atomic mass is 10.1. The normalized spacial score (nSPS) is 11.0. The highest BCUT2D eigenvalue weighted by Crippen LogP contribution is 2.19. The molecule has 0 aliphatic heterocycles. The summed E-state index contributed by atoms with van der Waals surface area (Å²) in [6, 6.07) is 16.8. The van der Waals surface area contributed by atoms with Gasteiger partial charge in [-0.3, -0.25) is 4.79 Å². The van der Waals surface area contributed by atoms with Crippen LogP contribution in [0.25, 0.3) is 11.5 Å². The standard InChI is InChI=1S/C24H30N4O4/c1-28(2)15-6-14-25-23(29)19-10-12-20(13-11-19)24-27-26-22(32-24)18-30-16-7-17-31-21-8-4-3-5-9-21/h3-5,8-13H,6-7,14-18H2,1-2H3,(H,25,29). The number of ether oxygens (including phenoxy) is 2. The number of nitrogens with one attached hydrogen (secondary N) is 1. The van der Waals surface area contributed by atoms with Crippen LogP contribution in [0, 0.1) is 0 Å². The minimum Gasteiger partial charge on any atom is -0.494 e. The zero-order valence-electron chi connectivity index (χ0n) is 18.6. The fourth-order valence-electron chi connectivity index (χ4n) is 2.92. The highest BCUT2D eigenvalue weighted by molar-refractivity contribution is 5.94. The van der Waals surface area contributed by atoms with Crippen molar-refractivity contribution in [1.29, 1.82) is 0 Å². The molecule has 0 atom stereocenters. The predicted molar refractivity (Wildman–Crippen MR) is 121 cm³/mol. The fraction of sp³-hybridized carbons (Fsp3) is 0.375. The average Bonchev–Trinajstić information content (AvgIpc) is 3.28. The number of para-hydroxylation sites is 1. The molecule has 0 radical (unpaired) electrons. The molecule has 0 aliphatic carbocycles. The summed E-state index contributed by atoms with van der Waals surface area (Å²) in [5, 5.41) is 11.0.